The van der Waals surface area contributed by atoms with Crippen LogP contribution in [0.2, 0.25) is 0 Å². The Hall–Kier alpha value is -2.63. The van der Waals surface area contributed by atoms with Crippen LogP contribution in [0.3, 0.4) is 0 Å². The third-order valence-corrected chi connectivity index (χ3v) is 4.92. The Bertz CT molecular complexity index is 960. The molecule has 0 spiro atoms. The number of unbranched alkanes of at least 4 members (excludes halogenated alkanes) is 1. The van der Waals surface area contributed by atoms with Gasteiger partial charge in [0.25, 0.3) is 11.8 Å². The Morgan fingerprint density at radius 1 is 0.969 bits per heavy atom. The van der Waals surface area contributed by atoms with Crippen molar-refractivity contribution in [1.82, 2.24) is 15.5 Å². The molecule has 0 bridgehead atoms. The molecule has 0 atom stereocenters. The van der Waals surface area contributed by atoms with Gasteiger partial charge >= 0.3 is 6.18 Å². The molecular weight excluding hydrogens is 536 g/mol. The molecule has 0 fully saturated rings. The lowest BCUT2D eigenvalue weighted by atomic mass is 10.1. The molecule has 6 nitrogen and oxygen atoms in total. The van der Waals surface area contributed by atoms with Gasteiger partial charge in [-0.15, -0.1) is 24.0 Å². The summed E-state index contributed by atoms with van der Waals surface area (Å²) in [6.07, 6.45) is -3.09. The molecule has 2 N–H and O–H groups in total. The summed E-state index contributed by atoms with van der Waals surface area (Å²) in [5.41, 5.74) is 0.668. The number of alkyl halides is 3. The third kappa shape index (κ3) is 6.21. The van der Waals surface area contributed by atoms with Crippen LogP contribution in [-0.4, -0.2) is 42.8 Å². The number of halogens is 4. The van der Waals surface area contributed by atoms with Gasteiger partial charge in [-0.1, -0.05) is 24.3 Å². The van der Waals surface area contributed by atoms with Crippen molar-refractivity contribution >= 4 is 41.8 Å². The molecule has 2 amide bonds. The second-order valence-corrected chi connectivity index (χ2v) is 7.07. The van der Waals surface area contributed by atoms with E-state index in [2.05, 4.69) is 15.6 Å². The number of nitrogens with zero attached hydrogens (tertiary/aromatic N) is 2. The van der Waals surface area contributed by atoms with Crippen molar-refractivity contribution in [3.63, 3.8) is 0 Å². The fourth-order valence-electron chi connectivity index (χ4n) is 3.31. The maximum absolute atomic E-state index is 12.8. The van der Waals surface area contributed by atoms with Crippen molar-refractivity contribution in [2.75, 3.05) is 20.1 Å². The normalized spacial score (nSPS) is 13.6. The number of benzene rings is 2. The highest BCUT2D eigenvalue weighted by atomic mass is 127. The molecular formula is C22H24F3IN4O2. The van der Waals surface area contributed by atoms with E-state index >= 15 is 0 Å². The van der Waals surface area contributed by atoms with E-state index in [1.165, 1.54) is 11.0 Å². The highest BCUT2D eigenvalue weighted by Gasteiger charge is 2.34. The summed E-state index contributed by atoms with van der Waals surface area (Å²) in [5, 5.41) is 6.05. The number of carbonyl (C=O) groups is 2. The van der Waals surface area contributed by atoms with Crippen molar-refractivity contribution in [2.45, 2.75) is 25.6 Å². The standard InChI is InChI=1S/C22H23F3N4O2.HI/c1-26-21(28-14-15-7-6-8-16(13-15)22(23,24)25)27-11-4-5-12-29-19(30)17-9-2-3-10-18(17)20(29)31;/h2-3,6-10,13H,4-5,11-12,14H2,1H3,(H2,26,27,28);1H. The van der Waals surface area contributed by atoms with Gasteiger partial charge < -0.3 is 10.6 Å². The molecule has 172 valence electrons. The second-order valence-electron chi connectivity index (χ2n) is 7.07. The monoisotopic (exact) mass is 560 g/mol. The first-order valence-corrected chi connectivity index (χ1v) is 9.87. The van der Waals surface area contributed by atoms with Crippen LogP contribution in [0.1, 0.15) is 44.7 Å². The largest absolute Gasteiger partial charge is 0.416 e. The molecule has 2 aromatic carbocycles. The van der Waals surface area contributed by atoms with E-state index in [1.807, 2.05) is 0 Å². The molecule has 0 aliphatic carbocycles. The van der Waals surface area contributed by atoms with E-state index in [-0.39, 0.29) is 42.3 Å². The number of hydrogen-bond acceptors (Lipinski definition) is 3. The van der Waals surface area contributed by atoms with Gasteiger partial charge in [-0.25, -0.2) is 0 Å². The van der Waals surface area contributed by atoms with E-state index in [1.54, 1.807) is 37.4 Å². The van der Waals surface area contributed by atoms with Crippen LogP contribution in [0.5, 0.6) is 0 Å². The minimum absolute atomic E-state index is 0. The number of imide groups is 1. The van der Waals surface area contributed by atoms with Gasteiger partial charge in [-0.3, -0.25) is 19.5 Å². The average Bonchev–Trinajstić information content (AvgIpc) is 3.00. The summed E-state index contributed by atoms with van der Waals surface area (Å²) in [6, 6.07) is 11.9. The molecule has 0 aromatic heterocycles. The first kappa shape index (κ1) is 25.6. The number of rotatable bonds is 7. The Morgan fingerprint density at radius 2 is 1.62 bits per heavy atom. The van der Waals surface area contributed by atoms with Gasteiger partial charge in [0.1, 0.15) is 0 Å². The van der Waals surface area contributed by atoms with E-state index in [4.69, 9.17) is 0 Å². The molecule has 2 aromatic rings. The van der Waals surface area contributed by atoms with Crippen molar-refractivity contribution in [3.05, 3.63) is 70.8 Å². The summed E-state index contributed by atoms with van der Waals surface area (Å²) >= 11 is 0. The first-order chi connectivity index (χ1) is 14.8. The van der Waals surface area contributed by atoms with Gasteiger partial charge in [0.15, 0.2) is 5.96 Å². The predicted octanol–water partition coefficient (Wildman–Crippen LogP) is 4.06. The quantitative estimate of drug-likeness (QED) is 0.176. The number of carbonyl (C=O) groups excluding carboxylic acids is 2. The molecule has 1 heterocycles. The molecule has 0 saturated heterocycles. The minimum atomic E-state index is -4.38. The maximum Gasteiger partial charge on any atom is 0.416 e. The van der Waals surface area contributed by atoms with Crippen LogP contribution in [0.25, 0.3) is 0 Å². The lowest BCUT2D eigenvalue weighted by Crippen LogP contribution is -2.37. The van der Waals surface area contributed by atoms with Crippen molar-refractivity contribution in [1.29, 1.82) is 0 Å². The van der Waals surface area contributed by atoms with Crippen LogP contribution >= 0.6 is 24.0 Å². The van der Waals surface area contributed by atoms with Gasteiger partial charge in [0.05, 0.1) is 16.7 Å². The minimum Gasteiger partial charge on any atom is -0.356 e. The third-order valence-electron chi connectivity index (χ3n) is 4.92. The van der Waals surface area contributed by atoms with Crippen molar-refractivity contribution in [3.8, 4) is 0 Å². The van der Waals surface area contributed by atoms with Crippen LogP contribution in [0.15, 0.2) is 53.5 Å². The smallest absolute Gasteiger partial charge is 0.356 e. The Kier molecular flexibility index (Phi) is 9.05. The predicted molar refractivity (Wildman–Crippen MR) is 126 cm³/mol. The zero-order valence-electron chi connectivity index (χ0n) is 17.4. The first-order valence-electron chi connectivity index (χ1n) is 9.87. The fraction of sp³-hybridized carbons (Fsp3) is 0.318. The number of nitrogens with one attached hydrogen (secondary N) is 2. The van der Waals surface area contributed by atoms with Gasteiger partial charge in [-0.05, 0) is 42.7 Å². The van der Waals surface area contributed by atoms with Crippen LogP contribution in [0, 0.1) is 0 Å². The average molecular weight is 560 g/mol. The van der Waals surface area contributed by atoms with Gasteiger partial charge in [0.2, 0.25) is 0 Å². The summed E-state index contributed by atoms with van der Waals surface area (Å²) in [5.74, 6) is -0.0858. The van der Waals surface area contributed by atoms with Crippen LogP contribution < -0.4 is 10.6 Å². The summed E-state index contributed by atoms with van der Waals surface area (Å²) in [4.78, 5) is 30.0. The SMILES string of the molecule is CN=C(NCCCCN1C(=O)c2ccccc2C1=O)NCc1cccc(C(F)(F)F)c1.I. The number of amides is 2. The lowest BCUT2D eigenvalue weighted by Gasteiger charge is -2.15. The van der Waals surface area contributed by atoms with Crippen LogP contribution in [0.4, 0.5) is 13.2 Å². The number of fused-ring (bicyclic) bond motifs is 1. The maximum atomic E-state index is 12.8. The Balaban J connectivity index is 0.00000363. The molecule has 3 rings (SSSR count). The van der Waals surface area contributed by atoms with Gasteiger partial charge in [-0.2, -0.15) is 13.2 Å². The highest BCUT2D eigenvalue weighted by molar-refractivity contribution is 14.0. The highest BCUT2D eigenvalue weighted by Crippen LogP contribution is 2.29. The molecule has 32 heavy (non-hydrogen) atoms. The molecule has 0 saturated carbocycles. The lowest BCUT2D eigenvalue weighted by molar-refractivity contribution is -0.137. The second kappa shape index (κ2) is 11.3. The molecule has 0 unspecified atom stereocenters. The number of guanidine groups is 1. The van der Waals surface area contributed by atoms with E-state index in [0.29, 0.717) is 48.6 Å². The van der Waals surface area contributed by atoms with Gasteiger partial charge in [0, 0.05) is 26.7 Å². The van der Waals surface area contributed by atoms with Crippen molar-refractivity contribution in [2.24, 2.45) is 4.99 Å². The molecule has 1 aliphatic heterocycles. The summed E-state index contributed by atoms with van der Waals surface area (Å²) in [6.45, 7) is 1.05. The van der Waals surface area contributed by atoms with Crippen molar-refractivity contribution < 1.29 is 22.8 Å². The van der Waals surface area contributed by atoms with E-state index < -0.39 is 11.7 Å². The topological polar surface area (TPSA) is 73.8 Å². The number of aliphatic imine (C=N–C) groups is 1. The molecule has 10 heteroatoms. The number of hydrogen-bond donors (Lipinski definition) is 2. The Morgan fingerprint density at radius 3 is 2.22 bits per heavy atom. The van der Waals surface area contributed by atoms with Crippen LogP contribution in [-0.2, 0) is 12.7 Å². The summed E-state index contributed by atoms with van der Waals surface area (Å²) in [7, 11) is 1.57. The Labute approximate surface area is 201 Å². The molecule has 0 radical (unpaired) electrons. The molecule has 1 aliphatic rings. The zero-order valence-corrected chi connectivity index (χ0v) is 19.7. The van der Waals surface area contributed by atoms with E-state index in [9.17, 15) is 22.8 Å². The van der Waals surface area contributed by atoms with E-state index in [0.717, 1.165) is 12.1 Å². The summed E-state index contributed by atoms with van der Waals surface area (Å²) < 4.78 is 38.4. The fourth-order valence-corrected chi connectivity index (χ4v) is 3.31. The zero-order chi connectivity index (χ0) is 22.4.